The molecule has 5 rings (SSSR count). The van der Waals surface area contributed by atoms with Gasteiger partial charge in [-0.15, -0.1) is 0 Å². The van der Waals surface area contributed by atoms with E-state index in [-0.39, 0.29) is 23.1 Å². The Labute approximate surface area is 197 Å². The van der Waals surface area contributed by atoms with Crippen LogP contribution in [0, 0.1) is 5.82 Å². The van der Waals surface area contributed by atoms with Gasteiger partial charge in [-0.2, -0.15) is 0 Å². The molecule has 2 aromatic heterocycles. The molecule has 9 heteroatoms. The number of Topliss-reactive ketones (excluding diaryl/α,β-unsaturated/α-hetero) is 1. The van der Waals surface area contributed by atoms with Gasteiger partial charge in [0.15, 0.2) is 16.7 Å². The van der Waals surface area contributed by atoms with Crippen molar-refractivity contribution in [1.82, 2.24) is 4.98 Å². The number of hydrogen-bond donors (Lipinski definition) is 1. The first-order chi connectivity index (χ1) is 16.5. The van der Waals surface area contributed by atoms with E-state index in [1.54, 1.807) is 36.4 Å². The van der Waals surface area contributed by atoms with Gasteiger partial charge in [0.05, 0.1) is 28.1 Å². The molecule has 0 spiro atoms. The third-order valence-corrected chi connectivity index (χ3v) is 6.30. The van der Waals surface area contributed by atoms with Gasteiger partial charge >= 0.3 is 0 Å². The predicted octanol–water partition coefficient (Wildman–Crippen LogP) is 5.38. The molecule has 0 bridgehead atoms. The maximum Gasteiger partial charge on any atom is 0.296 e. The molecule has 1 atom stereocenters. The number of anilines is 1. The first-order valence-electron chi connectivity index (χ1n) is 10.2. The Balaban J connectivity index is 1.66. The average molecular weight is 476 g/mol. The van der Waals surface area contributed by atoms with Gasteiger partial charge in [-0.25, -0.2) is 9.37 Å². The number of aromatic nitrogens is 1. The normalized spacial score (nSPS) is 15.9. The molecular formula is C25H17FN2O5S. The lowest BCUT2D eigenvalue weighted by atomic mass is 9.95. The van der Waals surface area contributed by atoms with E-state index in [1.807, 2.05) is 0 Å². The molecule has 0 aliphatic carbocycles. The van der Waals surface area contributed by atoms with E-state index in [0.29, 0.717) is 21.5 Å². The summed E-state index contributed by atoms with van der Waals surface area (Å²) in [4.78, 5) is 32.3. The van der Waals surface area contributed by atoms with Crippen molar-refractivity contribution in [2.75, 3.05) is 11.5 Å². The van der Waals surface area contributed by atoms with Crippen LogP contribution in [0.15, 0.2) is 89.3 Å². The number of fused-ring (bicyclic) bond motifs is 1. The Hall–Kier alpha value is -4.24. The highest BCUT2D eigenvalue weighted by molar-refractivity contribution is 7.22. The van der Waals surface area contributed by atoms with Gasteiger partial charge in [-0.1, -0.05) is 36.1 Å². The lowest BCUT2D eigenvalue weighted by molar-refractivity contribution is -0.117. The molecule has 4 aromatic rings. The zero-order valence-electron chi connectivity index (χ0n) is 17.6. The number of aliphatic hydroxyl groups excluding tert-OH is 1. The van der Waals surface area contributed by atoms with Crippen LogP contribution in [-0.4, -0.2) is 28.4 Å². The number of benzene rings is 2. The maximum atomic E-state index is 13.7. The highest BCUT2D eigenvalue weighted by Crippen LogP contribution is 2.44. The topological polar surface area (TPSA) is 92.9 Å². The summed E-state index contributed by atoms with van der Waals surface area (Å²) in [5, 5.41) is 11.0. The minimum Gasteiger partial charge on any atom is -0.503 e. The van der Waals surface area contributed by atoms with Crippen molar-refractivity contribution in [1.29, 1.82) is 0 Å². The van der Waals surface area contributed by atoms with Gasteiger partial charge in [0, 0.05) is 0 Å². The quantitative estimate of drug-likeness (QED) is 0.285. The molecule has 0 radical (unpaired) electrons. The number of hydrogen-bond acceptors (Lipinski definition) is 7. The number of carbonyl (C=O) groups excluding carboxylic acids is 2. The standard InChI is InChI=1S/C25H17FN2O5S/c1-2-10-32-16-6-3-5-14(12-16)21-20(22(29)18-7-4-11-33-18)23(30)24(31)28(21)25-27-17-9-8-15(26)13-19(17)34-25/h2-9,11-13,21,30H,1,10H2. The molecule has 34 heavy (non-hydrogen) atoms. The lowest BCUT2D eigenvalue weighted by Gasteiger charge is -2.24. The zero-order valence-corrected chi connectivity index (χ0v) is 18.4. The molecule has 1 amide bonds. The zero-order chi connectivity index (χ0) is 23.8. The molecule has 0 saturated carbocycles. The number of nitrogens with zero attached hydrogens (tertiary/aromatic N) is 2. The summed E-state index contributed by atoms with van der Waals surface area (Å²) in [6, 6.07) is 12.9. The second kappa shape index (κ2) is 8.60. The number of carbonyl (C=O) groups is 2. The van der Waals surface area contributed by atoms with Gasteiger partial charge in [-0.3, -0.25) is 14.5 Å². The number of ether oxygens (including phenoxy) is 1. The number of aliphatic hydroxyl groups is 1. The SMILES string of the molecule is C=CCOc1cccc(C2C(C(=O)c3ccco3)=C(O)C(=O)N2c2nc3ccc(F)cc3s2)c1. The van der Waals surface area contributed by atoms with Crippen LogP contribution in [0.3, 0.4) is 0 Å². The fraction of sp³-hybridized carbons (Fsp3) is 0.0800. The van der Waals surface area contributed by atoms with E-state index in [1.165, 1.54) is 35.4 Å². The highest BCUT2D eigenvalue weighted by atomic mass is 32.1. The molecule has 0 fully saturated rings. The van der Waals surface area contributed by atoms with Crippen molar-refractivity contribution in [3.05, 3.63) is 102 Å². The van der Waals surface area contributed by atoms with Crippen LogP contribution in [0.2, 0.25) is 0 Å². The predicted molar refractivity (Wildman–Crippen MR) is 125 cm³/mol. The van der Waals surface area contributed by atoms with Gasteiger partial charge in [0.1, 0.15) is 18.2 Å². The maximum absolute atomic E-state index is 13.7. The molecule has 7 nitrogen and oxygen atoms in total. The molecule has 1 unspecified atom stereocenters. The third-order valence-electron chi connectivity index (χ3n) is 5.28. The van der Waals surface area contributed by atoms with Crippen molar-refractivity contribution in [3.63, 3.8) is 0 Å². The number of amides is 1. The van der Waals surface area contributed by atoms with E-state index in [9.17, 15) is 19.1 Å². The van der Waals surface area contributed by atoms with Crippen molar-refractivity contribution in [2.45, 2.75) is 6.04 Å². The molecule has 3 heterocycles. The van der Waals surface area contributed by atoms with Crippen molar-refractivity contribution < 1.29 is 28.2 Å². The smallest absolute Gasteiger partial charge is 0.296 e. The van der Waals surface area contributed by atoms with Crippen molar-refractivity contribution in [3.8, 4) is 5.75 Å². The van der Waals surface area contributed by atoms with Crippen LogP contribution in [0.1, 0.15) is 22.2 Å². The molecular weight excluding hydrogens is 459 g/mol. The summed E-state index contributed by atoms with van der Waals surface area (Å²) >= 11 is 1.08. The monoisotopic (exact) mass is 476 g/mol. The molecule has 0 saturated heterocycles. The largest absolute Gasteiger partial charge is 0.503 e. The Morgan fingerprint density at radius 1 is 1.26 bits per heavy atom. The molecule has 170 valence electrons. The summed E-state index contributed by atoms with van der Waals surface area (Å²) in [6.07, 6.45) is 2.93. The number of halogens is 1. The van der Waals surface area contributed by atoms with Crippen molar-refractivity contribution >= 4 is 38.4 Å². The number of thiazole rings is 1. The van der Waals surface area contributed by atoms with Crippen LogP contribution in [-0.2, 0) is 4.79 Å². The number of rotatable bonds is 7. The van der Waals surface area contributed by atoms with Crippen molar-refractivity contribution in [2.24, 2.45) is 0 Å². The van der Waals surface area contributed by atoms with Gasteiger partial charge < -0.3 is 14.3 Å². The number of furan rings is 1. The summed E-state index contributed by atoms with van der Waals surface area (Å²) in [6.45, 7) is 3.89. The van der Waals surface area contributed by atoms with Crippen LogP contribution >= 0.6 is 11.3 Å². The average Bonchev–Trinajstić information content (AvgIpc) is 3.56. The molecule has 1 aliphatic heterocycles. The Bertz CT molecular complexity index is 1460. The molecule has 2 aromatic carbocycles. The fourth-order valence-electron chi connectivity index (χ4n) is 3.81. The first kappa shape index (κ1) is 21.6. The summed E-state index contributed by atoms with van der Waals surface area (Å²) in [7, 11) is 0. The highest BCUT2D eigenvalue weighted by Gasteiger charge is 2.46. The van der Waals surface area contributed by atoms with Gasteiger partial charge in [-0.05, 0) is 48.0 Å². The van der Waals surface area contributed by atoms with E-state index in [2.05, 4.69) is 11.6 Å². The van der Waals surface area contributed by atoms with Crippen LogP contribution in [0.25, 0.3) is 10.2 Å². The summed E-state index contributed by atoms with van der Waals surface area (Å²) < 4.78 is 25.1. The van der Waals surface area contributed by atoms with E-state index in [0.717, 1.165) is 11.3 Å². The molecule has 1 N–H and O–H groups in total. The fourth-order valence-corrected chi connectivity index (χ4v) is 4.83. The molecule has 1 aliphatic rings. The lowest BCUT2D eigenvalue weighted by Crippen LogP contribution is -2.31. The van der Waals surface area contributed by atoms with E-state index in [4.69, 9.17) is 9.15 Å². The van der Waals surface area contributed by atoms with Gasteiger partial charge in [0.25, 0.3) is 5.91 Å². The minimum atomic E-state index is -1.01. The Kier molecular flexibility index (Phi) is 5.46. The summed E-state index contributed by atoms with van der Waals surface area (Å²) in [5.74, 6) is -2.09. The second-order valence-electron chi connectivity index (χ2n) is 7.43. The van der Waals surface area contributed by atoms with Crippen LogP contribution in [0.4, 0.5) is 9.52 Å². The summed E-state index contributed by atoms with van der Waals surface area (Å²) in [5.41, 5.74) is 0.854. The van der Waals surface area contributed by atoms with Gasteiger partial charge in [0.2, 0.25) is 5.78 Å². The van der Waals surface area contributed by atoms with E-state index >= 15 is 0 Å². The first-order valence-corrected chi connectivity index (χ1v) is 11.0. The minimum absolute atomic E-state index is 0.0216. The van der Waals surface area contributed by atoms with Crippen LogP contribution in [0.5, 0.6) is 5.75 Å². The van der Waals surface area contributed by atoms with E-state index < -0.39 is 29.3 Å². The number of ketones is 1. The van der Waals surface area contributed by atoms with Crippen LogP contribution < -0.4 is 9.64 Å². The Morgan fingerprint density at radius 3 is 2.88 bits per heavy atom. The Morgan fingerprint density at radius 2 is 2.12 bits per heavy atom. The third kappa shape index (κ3) is 3.65. The second-order valence-corrected chi connectivity index (χ2v) is 8.44.